The number of alkyl carbamates (subject to hydrolysis) is 1. The van der Waals surface area contributed by atoms with Gasteiger partial charge in [0, 0.05) is 29.3 Å². The summed E-state index contributed by atoms with van der Waals surface area (Å²) in [4.78, 5) is 29.5. The van der Waals surface area contributed by atoms with Crippen LogP contribution in [0.1, 0.15) is 58.4 Å². The van der Waals surface area contributed by atoms with Crippen molar-refractivity contribution < 1.29 is 19.4 Å². The maximum absolute atomic E-state index is 13.4. The van der Waals surface area contributed by atoms with E-state index in [9.17, 15) is 14.7 Å². The normalized spacial score (nSPS) is 22.9. The van der Waals surface area contributed by atoms with E-state index in [0.29, 0.717) is 24.1 Å². The van der Waals surface area contributed by atoms with E-state index in [1.165, 1.54) is 25.7 Å². The molecule has 2 aliphatic rings. The summed E-state index contributed by atoms with van der Waals surface area (Å²) in [6.07, 6.45) is 4.18. The van der Waals surface area contributed by atoms with Crippen LogP contribution in [0.3, 0.4) is 0 Å². The highest BCUT2D eigenvalue weighted by molar-refractivity contribution is 7.99. The maximum atomic E-state index is 13.4. The number of carbonyl (C=O) groups is 2. The Morgan fingerprint density at radius 3 is 2.35 bits per heavy atom. The highest BCUT2D eigenvalue weighted by atomic mass is 32.2. The van der Waals surface area contributed by atoms with E-state index in [0.717, 1.165) is 23.4 Å². The molecule has 3 N–H and O–H groups in total. The smallest absolute Gasteiger partial charge is 0.407 e. The first-order valence-corrected chi connectivity index (χ1v) is 15.6. The third-order valence-electron chi connectivity index (χ3n) is 7.88. The third-order valence-corrected chi connectivity index (χ3v) is 9.01. The topological polar surface area (TPSA) is 90.9 Å². The van der Waals surface area contributed by atoms with Crippen LogP contribution in [-0.2, 0) is 16.1 Å². The Bertz CT molecular complexity index is 1080. The van der Waals surface area contributed by atoms with Crippen LogP contribution in [0.5, 0.6) is 0 Å². The lowest BCUT2D eigenvalue weighted by atomic mass is 9.72. The summed E-state index contributed by atoms with van der Waals surface area (Å²) in [6.45, 7) is 7.26. The van der Waals surface area contributed by atoms with Crippen molar-refractivity contribution in [1.82, 2.24) is 15.5 Å². The van der Waals surface area contributed by atoms with Crippen molar-refractivity contribution in [3.05, 3.63) is 66.2 Å². The van der Waals surface area contributed by atoms with Crippen molar-refractivity contribution in [2.45, 2.75) is 88.1 Å². The molecule has 2 aromatic rings. The number of thioether (sulfide) groups is 1. The Balaban J connectivity index is 1.45. The molecule has 218 valence electrons. The Morgan fingerprint density at radius 1 is 1.02 bits per heavy atom. The van der Waals surface area contributed by atoms with Crippen LogP contribution in [0.4, 0.5) is 4.79 Å². The first-order chi connectivity index (χ1) is 19.2. The molecule has 1 aliphatic heterocycles. The molecule has 7 nitrogen and oxygen atoms in total. The first-order valence-electron chi connectivity index (χ1n) is 14.6. The number of nitrogens with one attached hydrogen (secondary N) is 2. The van der Waals surface area contributed by atoms with Gasteiger partial charge < -0.3 is 20.5 Å². The van der Waals surface area contributed by atoms with Crippen LogP contribution < -0.4 is 10.6 Å². The zero-order chi connectivity index (χ0) is 28.5. The van der Waals surface area contributed by atoms with Crippen LogP contribution in [-0.4, -0.2) is 64.6 Å². The highest BCUT2D eigenvalue weighted by Crippen LogP contribution is 2.39. The van der Waals surface area contributed by atoms with Crippen LogP contribution in [0.25, 0.3) is 0 Å². The minimum Gasteiger partial charge on any atom is -0.445 e. The fourth-order valence-corrected chi connectivity index (χ4v) is 6.89. The molecule has 2 amide bonds. The van der Waals surface area contributed by atoms with Gasteiger partial charge in [-0.25, -0.2) is 4.79 Å². The van der Waals surface area contributed by atoms with Gasteiger partial charge in [0.15, 0.2) is 0 Å². The van der Waals surface area contributed by atoms with Crippen molar-refractivity contribution >= 4 is 23.8 Å². The molecule has 40 heavy (non-hydrogen) atoms. The second-order valence-corrected chi connectivity index (χ2v) is 13.3. The Kier molecular flexibility index (Phi) is 10.9. The van der Waals surface area contributed by atoms with Crippen molar-refractivity contribution in [3.8, 4) is 0 Å². The molecule has 4 rings (SSSR count). The number of ether oxygens (including phenoxy) is 1. The Morgan fingerprint density at radius 2 is 1.68 bits per heavy atom. The van der Waals surface area contributed by atoms with Gasteiger partial charge in [-0.05, 0) is 63.1 Å². The Labute approximate surface area is 243 Å². The average molecular weight is 568 g/mol. The van der Waals surface area contributed by atoms with E-state index in [-0.39, 0.29) is 24.1 Å². The van der Waals surface area contributed by atoms with Crippen molar-refractivity contribution in [2.24, 2.45) is 11.8 Å². The van der Waals surface area contributed by atoms with Crippen LogP contribution in [0.15, 0.2) is 65.6 Å². The molecule has 1 saturated carbocycles. The van der Waals surface area contributed by atoms with Gasteiger partial charge >= 0.3 is 6.09 Å². The van der Waals surface area contributed by atoms with Crippen molar-refractivity contribution in [1.29, 1.82) is 0 Å². The molecule has 0 spiro atoms. The number of carbonyl (C=O) groups excluding carboxylic acids is 2. The number of fused-ring (bicyclic) bond motifs is 1. The molecule has 8 heteroatoms. The summed E-state index contributed by atoms with van der Waals surface area (Å²) < 4.78 is 5.49. The summed E-state index contributed by atoms with van der Waals surface area (Å²) in [7, 11) is 0. The lowest BCUT2D eigenvalue weighted by molar-refractivity contribution is -0.132. The van der Waals surface area contributed by atoms with Crippen LogP contribution in [0.2, 0.25) is 0 Å². The number of aliphatic hydroxyl groups excluding tert-OH is 1. The number of benzene rings is 2. The fourth-order valence-electron chi connectivity index (χ4n) is 5.86. The molecular formula is C32H45N3O4S. The van der Waals surface area contributed by atoms with Gasteiger partial charge in [0.1, 0.15) is 6.61 Å². The predicted octanol–water partition coefficient (Wildman–Crippen LogP) is 5.23. The van der Waals surface area contributed by atoms with Crippen LogP contribution >= 0.6 is 11.8 Å². The number of aliphatic hydroxyl groups is 1. The third kappa shape index (κ3) is 9.25. The molecule has 0 unspecified atom stereocenters. The van der Waals surface area contributed by atoms with E-state index >= 15 is 0 Å². The van der Waals surface area contributed by atoms with Gasteiger partial charge in [0.2, 0.25) is 5.91 Å². The molecule has 0 aromatic heterocycles. The number of amides is 2. The number of rotatable bonds is 10. The van der Waals surface area contributed by atoms with Crippen LogP contribution in [0, 0.1) is 11.8 Å². The number of hydrogen-bond acceptors (Lipinski definition) is 6. The summed E-state index contributed by atoms with van der Waals surface area (Å²) in [5.41, 5.74) is 0.570. The minimum atomic E-state index is -0.870. The highest BCUT2D eigenvalue weighted by Gasteiger charge is 2.41. The van der Waals surface area contributed by atoms with Gasteiger partial charge in [-0.3, -0.25) is 9.69 Å². The van der Waals surface area contributed by atoms with Gasteiger partial charge in [-0.2, -0.15) is 0 Å². The number of piperidine rings is 1. The first kappa shape index (κ1) is 30.4. The fraction of sp³-hybridized carbons (Fsp3) is 0.562. The molecule has 5 atom stereocenters. The predicted molar refractivity (Wildman–Crippen MR) is 160 cm³/mol. The van der Waals surface area contributed by atoms with Crippen molar-refractivity contribution in [2.75, 3.05) is 18.8 Å². The molecule has 1 saturated heterocycles. The molecule has 2 fully saturated rings. The van der Waals surface area contributed by atoms with E-state index < -0.39 is 18.2 Å². The zero-order valence-corrected chi connectivity index (χ0v) is 24.9. The second-order valence-electron chi connectivity index (χ2n) is 12.3. The molecule has 1 aliphatic carbocycles. The summed E-state index contributed by atoms with van der Waals surface area (Å²) in [5, 5.41) is 17.6. The largest absolute Gasteiger partial charge is 0.445 e. The quantitative estimate of drug-likeness (QED) is 0.341. The zero-order valence-electron chi connectivity index (χ0n) is 24.1. The summed E-state index contributed by atoms with van der Waals surface area (Å²) in [6, 6.07) is 18.6. The number of hydrogen-bond donors (Lipinski definition) is 3. The number of β-amino-alcohol motifs (C(OH)–C–C–N with tert-alkyl or cyclic N) is 1. The molecule has 0 radical (unpaired) electrons. The average Bonchev–Trinajstić information content (AvgIpc) is 2.94. The second kappa shape index (κ2) is 14.4. The standard InChI is InChI=1S/C32H45N3O4S/c1-32(2,3)34-30(37)28-18-24-14-10-11-15-25(24)19-35(28)20-29(36)27(22-40-26-16-8-5-9-17-26)33-31(38)39-21-23-12-6-4-7-13-23/h4-9,12-13,16-17,24-25,27-29,36H,10-11,14-15,18-22H2,1-3H3,(H,33,38)(H,34,37)/t24-,25-,27+,28+,29-/m1/s1. The lowest BCUT2D eigenvalue weighted by Gasteiger charge is -2.47. The maximum Gasteiger partial charge on any atom is 0.407 e. The van der Waals surface area contributed by atoms with E-state index in [2.05, 4.69) is 15.5 Å². The van der Waals surface area contributed by atoms with Gasteiger partial charge in [0.05, 0.1) is 18.2 Å². The van der Waals surface area contributed by atoms with E-state index in [1.807, 2.05) is 81.4 Å². The summed E-state index contributed by atoms with van der Waals surface area (Å²) in [5.74, 6) is 1.59. The lowest BCUT2D eigenvalue weighted by Crippen LogP contribution is -2.60. The van der Waals surface area contributed by atoms with E-state index in [4.69, 9.17) is 4.74 Å². The molecule has 2 aromatic carbocycles. The van der Waals surface area contributed by atoms with E-state index in [1.54, 1.807) is 11.8 Å². The molecule has 1 heterocycles. The molecular weight excluding hydrogens is 522 g/mol. The Hall–Kier alpha value is -2.55. The van der Waals surface area contributed by atoms with Gasteiger partial charge in [0.25, 0.3) is 0 Å². The number of likely N-dealkylation sites (tertiary alicyclic amines) is 1. The van der Waals surface area contributed by atoms with Gasteiger partial charge in [-0.1, -0.05) is 67.8 Å². The monoisotopic (exact) mass is 567 g/mol. The van der Waals surface area contributed by atoms with Gasteiger partial charge in [-0.15, -0.1) is 11.8 Å². The number of nitrogens with zero attached hydrogens (tertiary/aromatic N) is 1. The van der Waals surface area contributed by atoms with Crippen molar-refractivity contribution in [3.63, 3.8) is 0 Å². The minimum absolute atomic E-state index is 0.0224. The SMILES string of the molecule is CC(C)(C)NC(=O)[C@@H]1C[C@H]2CCCC[C@@H]2CN1C[C@@H](O)[C@H](CSc1ccccc1)NC(=O)OCc1ccccc1. The molecule has 0 bridgehead atoms. The summed E-state index contributed by atoms with van der Waals surface area (Å²) >= 11 is 1.58.